The number of hydrogen-bond donors (Lipinski definition) is 3. The molecule has 0 saturated carbocycles. The zero-order valence-corrected chi connectivity index (χ0v) is 13.1. The average Bonchev–Trinajstić information content (AvgIpc) is 2.72. The molecule has 3 N–H and O–H groups in total. The van der Waals surface area contributed by atoms with Gasteiger partial charge in [-0.1, -0.05) is 0 Å². The first-order chi connectivity index (χ1) is 10.9. The Morgan fingerprint density at radius 1 is 1.26 bits per heavy atom. The predicted octanol–water partition coefficient (Wildman–Crippen LogP) is -0.882. The normalized spacial score (nSPS) is 21.4. The number of rotatable bonds is 3. The van der Waals surface area contributed by atoms with Gasteiger partial charge in [-0.2, -0.15) is 8.42 Å². The molecule has 0 unspecified atom stereocenters. The molecule has 2 heterocycles. The van der Waals surface area contributed by atoms with E-state index in [2.05, 4.69) is 10.2 Å². The van der Waals surface area contributed by atoms with Gasteiger partial charge in [-0.15, -0.1) is 0 Å². The lowest BCUT2D eigenvalue weighted by Crippen LogP contribution is -2.42. The van der Waals surface area contributed by atoms with Crippen molar-refractivity contribution in [2.75, 3.05) is 37.0 Å². The lowest BCUT2D eigenvalue weighted by Gasteiger charge is -2.27. The van der Waals surface area contributed by atoms with E-state index in [4.69, 9.17) is 0 Å². The Hall–Kier alpha value is -1.91. The molecule has 0 radical (unpaired) electrons. The van der Waals surface area contributed by atoms with Gasteiger partial charge in [0.05, 0.1) is 0 Å². The molecule has 2 aliphatic rings. The minimum absolute atomic E-state index is 0.455. The first-order valence-corrected chi connectivity index (χ1v) is 8.58. The summed E-state index contributed by atoms with van der Waals surface area (Å²) in [5.41, 5.74) is 0.0361. The zero-order valence-electron chi connectivity index (χ0n) is 12.2. The van der Waals surface area contributed by atoms with Crippen LogP contribution in [0, 0.1) is 5.82 Å². The zero-order chi connectivity index (χ0) is 16.6. The van der Waals surface area contributed by atoms with Crippen molar-refractivity contribution in [2.45, 2.75) is 6.54 Å². The van der Waals surface area contributed by atoms with E-state index in [1.54, 1.807) is 4.72 Å². The number of hydrogen-bond acceptors (Lipinski definition) is 6. The predicted molar refractivity (Wildman–Crippen MR) is 80.6 cm³/mol. The van der Waals surface area contributed by atoms with Gasteiger partial charge in [-0.3, -0.25) is 9.69 Å². The van der Waals surface area contributed by atoms with Crippen LogP contribution in [0.15, 0.2) is 12.1 Å². The minimum Gasteiger partial charge on any atom is -0.506 e. The Kier molecular flexibility index (Phi) is 4.13. The number of carbonyl (C=O) groups excluding carboxylic acids is 1. The maximum atomic E-state index is 14.4. The van der Waals surface area contributed by atoms with Gasteiger partial charge in [0, 0.05) is 32.7 Å². The second-order valence-corrected chi connectivity index (χ2v) is 7.10. The number of piperazine rings is 1. The van der Waals surface area contributed by atoms with Gasteiger partial charge < -0.3 is 10.4 Å². The highest BCUT2D eigenvalue weighted by molar-refractivity contribution is 7.92. The molecule has 0 atom stereocenters. The molecule has 1 amide bonds. The Balaban J connectivity index is 1.87. The number of carbonyl (C=O) groups is 1. The fourth-order valence-corrected chi connectivity index (χ4v) is 3.92. The van der Waals surface area contributed by atoms with Crippen LogP contribution in [-0.2, 0) is 21.5 Å². The summed E-state index contributed by atoms with van der Waals surface area (Å²) >= 11 is 0. The van der Waals surface area contributed by atoms with E-state index in [0.717, 1.165) is 26.2 Å². The van der Waals surface area contributed by atoms with Crippen LogP contribution in [0.5, 0.6) is 5.75 Å². The van der Waals surface area contributed by atoms with Gasteiger partial charge in [0.2, 0.25) is 0 Å². The molecule has 1 aromatic carbocycles. The van der Waals surface area contributed by atoms with Crippen LogP contribution < -0.4 is 14.3 Å². The summed E-state index contributed by atoms with van der Waals surface area (Å²) in [7, 11) is -4.16. The second kappa shape index (κ2) is 5.95. The number of aromatic hydroxyl groups is 1. The molecule has 10 heteroatoms. The molecule has 3 rings (SSSR count). The number of phenolic OH excluding ortho intramolecular Hbond substituents is 1. The Bertz CT molecular complexity index is 710. The monoisotopic (exact) mass is 344 g/mol. The van der Waals surface area contributed by atoms with E-state index in [1.165, 1.54) is 12.1 Å². The molecule has 1 aromatic rings. The summed E-state index contributed by atoms with van der Waals surface area (Å²) < 4.78 is 40.2. The average molecular weight is 344 g/mol. The van der Waals surface area contributed by atoms with Crippen LogP contribution in [0.2, 0.25) is 0 Å². The second-order valence-electron chi connectivity index (χ2n) is 5.51. The molecular weight excluding hydrogens is 327 g/mol. The molecule has 126 valence electrons. The summed E-state index contributed by atoms with van der Waals surface area (Å²) in [5.74, 6) is -2.15. The third kappa shape index (κ3) is 3.23. The Morgan fingerprint density at radius 3 is 2.52 bits per heavy atom. The maximum absolute atomic E-state index is 14.4. The molecule has 2 fully saturated rings. The van der Waals surface area contributed by atoms with E-state index in [1.807, 2.05) is 0 Å². The van der Waals surface area contributed by atoms with Crippen molar-refractivity contribution >= 4 is 21.8 Å². The lowest BCUT2D eigenvalue weighted by molar-refractivity contribution is -0.117. The highest BCUT2D eigenvalue weighted by Crippen LogP contribution is 2.34. The molecule has 8 nitrogen and oxygen atoms in total. The third-order valence-electron chi connectivity index (χ3n) is 3.79. The van der Waals surface area contributed by atoms with Crippen LogP contribution in [0.1, 0.15) is 5.56 Å². The molecular formula is C13H17FN4O4S. The topological polar surface area (TPSA) is 102 Å². The summed E-state index contributed by atoms with van der Waals surface area (Å²) in [4.78, 5) is 13.3. The van der Waals surface area contributed by atoms with Crippen LogP contribution in [-0.4, -0.2) is 57.1 Å². The quantitative estimate of drug-likeness (QED) is 0.658. The van der Waals surface area contributed by atoms with Gasteiger partial charge in [0.15, 0.2) is 5.82 Å². The van der Waals surface area contributed by atoms with Crippen molar-refractivity contribution in [3.8, 4) is 5.75 Å². The number of phenols is 1. The minimum atomic E-state index is -4.16. The van der Waals surface area contributed by atoms with Crippen LogP contribution in [0.4, 0.5) is 10.1 Å². The van der Waals surface area contributed by atoms with Gasteiger partial charge in [0.25, 0.3) is 5.91 Å². The number of nitrogens with one attached hydrogen (secondary N) is 2. The van der Waals surface area contributed by atoms with Crippen molar-refractivity contribution < 1.29 is 22.7 Å². The smallest absolute Gasteiger partial charge is 0.326 e. The van der Waals surface area contributed by atoms with Crippen molar-refractivity contribution in [1.82, 2.24) is 14.9 Å². The van der Waals surface area contributed by atoms with Crippen molar-refractivity contribution in [3.05, 3.63) is 23.5 Å². The summed E-state index contributed by atoms with van der Waals surface area (Å²) in [6.07, 6.45) is 0. The molecule has 0 spiro atoms. The standard InChI is InChI=1S/C13H17FN4O4S/c14-10-5-9(7-17-3-1-15-2-4-17)6-11(19)13(10)18-8-12(20)16-23(18,21)22/h5-6,15,19H,1-4,7-8H2,(H,16,20). The van der Waals surface area contributed by atoms with E-state index in [-0.39, 0.29) is 0 Å². The molecule has 2 aliphatic heterocycles. The molecule has 2 saturated heterocycles. The number of nitrogens with zero attached hydrogens (tertiary/aromatic N) is 2. The van der Waals surface area contributed by atoms with Gasteiger partial charge >= 0.3 is 10.2 Å². The van der Waals surface area contributed by atoms with Gasteiger partial charge in [-0.25, -0.2) is 13.4 Å². The first-order valence-electron chi connectivity index (χ1n) is 7.14. The van der Waals surface area contributed by atoms with Crippen molar-refractivity contribution in [1.29, 1.82) is 0 Å². The Morgan fingerprint density at radius 2 is 1.96 bits per heavy atom. The van der Waals surface area contributed by atoms with Crippen LogP contribution in [0.25, 0.3) is 0 Å². The van der Waals surface area contributed by atoms with E-state index in [0.29, 0.717) is 16.4 Å². The SMILES string of the molecule is O=C1CN(c2c(O)cc(CN3CCNCC3)cc2F)S(=O)(=O)N1. The highest BCUT2D eigenvalue weighted by atomic mass is 32.2. The van der Waals surface area contributed by atoms with Crippen LogP contribution >= 0.6 is 0 Å². The van der Waals surface area contributed by atoms with Gasteiger partial charge in [-0.05, 0) is 17.7 Å². The Labute approximate surface area is 133 Å². The fraction of sp³-hybridized carbons (Fsp3) is 0.462. The molecule has 0 aromatic heterocycles. The molecule has 0 aliphatic carbocycles. The summed E-state index contributed by atoms with van der Waals surface area (Å²) in [5, 5.41) is 13.3. The first kappa shape index (κ1) is 16.0. The van der Waals surface area contributed by atoms with E-state index >= 15 is 0 Å². The van der Waals surface area contributed by atoms with Crippen molar-refractivity contribution in [3.63, 3.8) is 0 Å². The molecule has 0 bridgehead atoms. The van der Waals surface area contributed by atoms with Crippen molar-refractivity contribution in [2.24, 2.45) is 0 Å². The summed E-state index contributed by atoms with van der Waals surface area (Å²) in [6.45, 7) is 3.20. The summed E-state index contributed by atoms with van der Waals surface area (Å²) in [6, 6.07) is 2.52. The fourth-order valence-electron chi connectivity index (χ4n) is 2.75. The lowest BCUT2D eigenvalue weighted by atomic mass is 10.1. The molecule has 23 heavy (non-hydrogen) atoms. The van der Waals surface area contributed by atoms with Gasteiger partial charge in [0.1, 0.15) is 18.0 Å². The number of anilines is 1. The van der Waals surface area contributed by atoms with E-state index < -0.39 is 39.9 Å². The van der Waals surface area contributed by atoms with E-state index in [9.17, 15) is 22.7 Å². The third-order valence-corrected chi connectivity index (χ3v) is 5.17. The number of amides is 1. The van der Waals surface area contributed by atoms with Crippen LogP contribution in [0.3, 0.4) is 0 Å². The largest absolute Gasteiger partial charge is 0.506 e. The maximum Gasteiger partial charge on any atom is 0.326 e. The number of benzene rings is 1. The number of halogens is 1. The highest BCUT2D eigenvalue weighted by Gasteiger charge is 2.37.